The van der Waals surface area contributed by atoms with Crippen molar-refractivity contribution < 1.29 is 19.5 Å². The van der Waals surface area contributed by atoms with Crippen LogP contribution in [0.3, 0.4) is 0 Å². The van der Waals surface area contributed by atoms with Crippen LogP contribution >= 0.6 is 21.6 Å². The van der Waals surface area contributed by atoms with E-state index < -0.39 is 12.5 Å². The largest absolute Gasteiger partial charge is 0.387 e. The molecule has 3 amide bonds. The van der Waals surface area contributed by atoms with Crippen LogP contribution in [-0.2, 0) is 14.4 Å². The quantitative estimate of drug-likeness (QED) is 0.233. The number of hydrogen-bond acceptors (Lipinski definition) is 6. The highest BCUT2D eigenvalue weighted by atomic mass is 33.2. The minimum Gasteiger partial charge on any atom is -0.387 e. The number of hydrogen-bond donors (Lipinski definition) is 4. The summed E-state index contributed by atoms with van der Waals surface area (Å²) in [7, 11) is 3.79. The monoisotopic (exact) mass is 335 g/mol. The Morgan fingerprint density at radius 2 is 1.62 bits per heavy atom. The van der Waals surface area contributed by atoms with Gasteiger partial charge in [0.1, 0.15) is 6.61 Å². The molecule has 0 aromatic carbocycles. The standard InChI is InChI=1S/C12H21N3O4S2/c16-8-11(19)14-6-4-9(17)15-7-10(18)13-5-2-1-3-12-20-21-12/h12,16H,1-8H2,(H,13,18)(H,14,19)(H,15,17). The Morgan fingerprint density at radius 1 is 0.905 bits per heavy atom. The molecule has 0 aromatic heterocycles. The fraction of sp³-hybridized carbons (Fsp3) is 0.750. The molecule has 1 aliphatic heterocycles. The molecule has 120 valence electrons. The van der Waals surface area contributed by atoms with Crippen molar-refractivity contribution in [3.05, 3.63) is 0 Å². The lowest BCUT2D eigenvalue weighted by Gasteiger charge is -2.07. The van der Waals surface area contributed by atoms with Crippen LogP contribution in [0.1, 0.15) is 25.7 Å². The van der Waals surface area contributed by atoms with Gasteiger partial charge in [0.25, 0.3) is 0 Å². The van der Waals surface area contributed by atoms with E-state index in [2.05, 4.69) is 16.0 Å². The van der Waals surface area contributed by atoms with Gasteiger partial charge in [-0.25, -0.2) is 0 Å². The highest BCUT2D eigenvalue weighted by Gasteiger charge is 2.22. The van der Waals surface area contributed by atoms with E-state index in [4.69, 9.17) is 5.11 Å². The molecule has 1 heterocycles. The van der Waals surface area contributed by atoms with Gasteiger partial charge in [-0.2, -0.15) is 0 Å². The SMILES string of the molecule is O=C(CO)NCCC(=O)NCC(=O)NCCCCC1SS1. The summed E-state index contributed by atoms with van der Waals surface area (Å²) < 4.78 is 0.756. The maximum absolute atomic E-state index is 11.4. The predicted molar refractivity (Wildman–Crippen MR) is 83.6 cm³/mol. The van der Waals surface area contributed by atoms with Crippen LogP contribution in [0.25, 0.3) is 0 Å². The molecule has 7 nitrogen and oxygen atoms in total. The number of rotatable bonds is 11. The fourth-order valence-corrected chi connectivity index (χ4v) is 2.92. The van der Waals surface area contributed by atoms with Crippen molar-refractivity contribution in [2.45, 2.75) is 30.3 Å². The Balaban J connectivity index is 1.90. The van der Waals surface area contributed by atoms with Gasteiger partial charge in [0.05, 0.1) is 11.1 Å². The third-order valence-corrected chi connectivity index (χ3v) is 5.01. The van der Waals surface area contributed by atoms with Crippen molar-refractivity contribution in [3.63, 3.8) is 0 Å². The molecule has 0 atom stereocenters. The number of amides is 3. The highest BCUT2D eigenvalue weighted by Crippen LogP contribution is 2.55. The van der Waals surface area contributed by atoms with E-state index in [1.165, 1.54) is 6.42 Å². The van der Waals surface area contributed by atoms with E-state index in [-0.39, 0.29) is 31.3 Å². The van der Waals surface area contributed by atoms with Crippen LogP contribution in [0.4, 0.5) is 0 Å². The third kappa shape index (κ3) is 10.4. The Labute approximate surface area is 131 Å². The molecule has 21 heavy (non-hydrogen) atoms. The second-order valence-corrected chi connectivity index (χ2v) is 7.48. The Hall–Kier alpha value is -0.930. The van der Waals surface area contributed by atoms with E-state index in [1.807, 2.05) is 21.6 Å². The van der Waals surface area contributed by atoms with Crippen LogP contribution in [0.2, 0.25) is 0 Å². The summed E-state index contributed by atoms with van der Waals surface area (Å²) in [5, 5.41) is 16.0. The van der Waals surface area contributed by atoms with Crippen LogP contribution in [0, 0.1) is 0 Å². The Morgan fingerprint density at radius 3 is 2.29 bits per heavy atom. The van der Waals surface area contributed by atoms with Gasteiger partial charge < -0.3 is 21.1 Å². The zero-order valence-electron chi connectivity index (χ0n) is 11.7. The molecule has 0 spiro atoms. The zero-order valence-corrected chi connectivity index (χ0v) is 13.4. The normalized spacial score (nSPS) is 13.6. The topological polar surface area (TPSA) is 108 Å². The molecule has 1 fully saturated rings. The first-order chi connectivity index (χ1) is 10.1. The van der Waals surface area contributed by atoms with Gasteiger partial charge >= 0.3 is 0 Å². The lowest BCUT2D eigenvalue weighted by molar-refractivity contribution is -0.126. The van der Waals surface area contributed by atoms with Crippen molar-refractivity contribution >= 4 is 39.3 Å². The van der Waals surface area contributed by atoms with Gasteiger partial charge in [-0.15, -0.1) is 0 Å². The predicted octanol–water partition coefficient (Wildman–Crippen LogP) is -0.391. The van der Waals surface area contributed by atoms with Crippen molar-refractivity contribution in [1.82, 2.24) is 16.0 Å². The van der Waals surface area contributed by atoms with Gasteiger partial charge in [-0.1, -0.05) is 21.6 Å². The smallest absolute Gasteiger partial charge is 0.245 e. The molecular formula is C12H21N3O4S2. The molecule has 9 heteroatoms. The first-order valence-corrected chi connectivity index (χ1v) is 9.12. The number of unbranched alkanes of at least 4 members (excludes halogenated alkanes) is 1. The van der Waals surface area contributed by atoms with Crippen LogP contribution in [-0.4, -0.2) is 53.7 Å². The molecule has 1 rings (SSSR count). The molecule has 0 saturated carbocycles. The fourth-order valence-electron chi connectivity index (χ4n) is 1.50. The second kappa shape index (κ2) is 10.7. The second-order valence-electron chi connectivity index (χ2n) is 4.50. The van der Waals surface area contributed by atoms with Crippen molar-refractivity contribution in [2.24, 2.45) is 0 Å². The highest BCUT2D eigenvalue weighted by molar-refractivity contribution is 8.92. The van der Waals surface area contributed by atoms with Crippen molar-refractivity contribution in [2.75, 3.05) is 26.2 Å². The van der Waals surface area contributed by atoms with E-state index in [0.717, 1.165) is 17.4 Å². The summed E-state index contributed by atoms with van der Waals surface area (Å²) in [4.78, 5) is 33.5. The zero-order chi connectivity index (χ0) is 15.5. The van der Waals surface area contributed by atoms with Gasteiger partial charge in [-0.05, 0) is 19.3 Å². The first-order valence-electron chi connectivity index (χ1n) is 6.85. The number of carbonyl (C=O) groups excluding carboxylic acids is 3. The summed E-state index contributed by atoms with van der Waals surface area (Å²) in [5.74, 6) is -1.05. The third-order valence-electron chi connectivity index (χ3n) is 2.69. The summed E-state index contributed by atoms with van der Waals surface area (Å²) in [5.41, 5.74) is 0. The summed E-state index contributed by atoms with van der Waals surface area (Å²) in [6.07, 6.45) is 3.31. The summed E-state index contributed by atoms with van der Waals surface area (Å²) in [6, 6.07) is 0. The van der Waals surface area contributed by atoms with Crippen LogP contribution in [0.15, 0.2) is 0 Å². The van der Waals surface area contributed by atoms with Crippen molar-refractivity contribution in [3.8, 4) is 0 Å². The minimum atomic E-state index is -0.595. The number of aliphatic hydroxyl groups is 1. The van der Waals surface area contributed by atoms with E-state index in [9.17, 15) is 14.4 Å². The first kappa shape index (κ1) is 18.1. The maximum Gasteiger partial charge on any atom is 0.245 e. The van der Waals surface area contributed by atoms with Gasteiger partial charge in [0, 0.05) is 19.5 Å². The maximum atomic E-state index is 11.4. The molecule has 0 bridgehead atoms. The molecule has 0 aromatic rings. The van der Waals surface area contributed by atoms with Gasteiger partial charge in [-0.3, -0.25) is 14.4 Å². The number of aliphatic hydroxyl groups excluding tert-OH is 1. The average molecular weight is 335 g/mol. The van der Waals surface area contributed by atoms with E-state index >= 15 is 0 Å². The van der Waals surface area contributed by atoms with Crippen LogP contribution < -0.4 is 16.0 Å². The molecule has 0 aliphatic carbocycles. The Bertz CT molecular complexity index is 364. The van der Waals surface area contributed by atoms with E-state index in [0.29, 0.717) is 6.54 Å². The molecular weight excluding hydrogens is 314 g/mol. The average Bonchev–Trinajstić information content (AvgIpc) is 3.28. The van der Waals surface area contributed by atoms with Gasteiger partial charge in [0.15, 0.2) is 0 Å². The molecule has 1 saturated heterocycles. The van der Waals surface area contributed by atoms with Crippen molar-refractivity contribution in [1.29, 1.82) is 0 Å². The van der Waals surface area contributed by atoms with E-state index in [1.54, 1.807) is 0 Å². The number of nitrogens with one attached hydrogen (secondary N) is 3. The molecule has 4 N–H and O–H groups in total. The number of carbonyl (C=O) groups is 3. The van der Waals surface area contributed by atoms with Gasteiger partial charge in [0.2, 0.25) is 17.7 Å². The molecule has 0 unspecified atom stereocenters. The lowest BCUT2D eigenvalue weighted by Crippen LogP contribution is -2.38. The molecule has 0 radical (unpaired) electrons. The minimum absolute atomic E-state index is 0.0545. The summed E-state index contributed by atoms with van der Waals surface area (Å²) >= 11 is 0. The van der Waals surface area contributed by atoms with Crippen LogP contribution in [0.5, 0.6) is 0 Å². The lowest BCUT2D eigenvalue weighted by atomic mass is 10.2. The summed E-state index contributed by atoms with van der Waals surface area (Å²) in [6.45, 7) is 0.122. The molecule has 1 aliphatic rings. The Kier molecular flexibility index (Phi) is 9.27.